The molecule has 0 unspecified atom stereocenters. The lowest BCUT2D eigenvalue weighted by Crippen LogP contribution is -1.84. The van der Waals surface area contributed by atoms with Gasteiger partial charge >= 0.3 is 0 Å². The van der Waals surface area contributed by atoms with Gasteiger partial charge in [0.1, 0.15) is 0 Å². The Balaban J connectivity index is 2.17. The minimum Gasteiger partial charge on any atom is -0.239 e. The van der Waals surface area contributed by atoms with E-state index in [0.717, 1.165) is 6.67 Å². The van der Waals surface area contributed by atoms with Gasteiger partial charge in [0.05, 0.1) is 6.67 Å². The number of hydrogen-bond acceptors (Lipinski definition) is 2. The first-order chi connectivity index (χ1) is 1.89. The summed E-state index contributed by atoms with van der Waals surface area (Å²) >= 11 is 0. The standard InChI is InChI=1S/C2H6N2/c1-4-2-3-4/h3H,2H2,1H3/t4-/m0/s1. The molecule has 0 aliphatic carbocycles. The molecule has 0 radical (unpaired) electrons. The molecule has 0 aromatic carbocycles. The normalized spacial score (nSPS) is 39.8. The van der Waals surface area contributed by atoms with E-state index in [1.807, 2.05) is 12.1 Å². The third kappa shape index (κ3) is 0.191. The molecule has 1 heterocycles. The van der Waals surface area contributed by atoms with Crippen LogP contribution < -0.4 is 5.43 Å². The summed E-state index contributed by atoms with van der Waals surface area (Å²) in [6, 6.07) is 0. The first kappa shape index (κ1) is 2.18. The second-order valence-electron chi connectivity index (χ2n) is 1.01. The van der Waals surface area contributed by atoms with E-state index in [-0.39, 0.29) is 0 Å². The molecule has 1 atom stereocenters. The minimum absolute atomic E-state index is 1.07. The third-order valence-electron chi connectivity index (χ3n) is 0.474. The summed E-state index contributed by atoms with van der Waals surface area (Å²) in [5.74, 6) is 0. The first-order valence-electron chi connectivity index (χ1n) is 1.34. The van der Waals surface area contributed by atoms with Crippen LogP contribution in [0.2, 0.25) is 0 Å². The predicted octanol–water partition coefficient (Wildman–Crippen LogP) is -0.606. The molecule has 2 heteroatoms. The zero-order chi connectivity index (χ0) is 2.99. The Morgan fingerprint density at radius 3 is 2.25 bits per heavy atom. The van der Waals surface area contributed by atoms with Crippen molar-refractivity contribution >= 4 is 0 Å². The highest BCUT2D eigenvalue weighted by molar-refractivity contribution is 4.47. The van der Waals surface area contributed by atoms with E-state index >= 15 is 0 Å². The average Bonchev–Trinajstić information content (AvgIpc) is 1.75. The molecule has 0 aromatic heterocycles. The van der Waals surface area contributed by atoms with Crippen molar-refractivity contribution in [3.8, 4) is 0 Å². The maximum Gasteiger partial charge on any atom is 0.0751 e. The van der Waals surface area contributed by atoms with Crippen LogP contribution in [-0.2, 0) is 0 Å². The van der Waals surface area contributed by atoms with Crippen molar-refractivity contribution in [2.75, 3.05) is 13.7 Å². The molecule has 0 saturated carbocycles. The molecule has 0 aromatic rings. The van der Waals surface area contributed by atoms with E-state index in [4.69, 9.17) is 0 Å². The highest BCUT2D eigenvalue weighted by Gasteiger charge is 2.05. The number of nitrogens with one attached hydrogen (secondary N) is 1. The molecule has 1 N–H and O–H groups in total. The molecule has 1 aliphatic heterocycles. The Labute approximate surface area is 25.4 Å². The van der Waals surface area contributed by atoms with Gasteiger partial charge in [0.2, 0.25) is 0 Å². The maximum atomic E-state index is 2.93. The Kier molecular flexibility index (Phi) is 0.242. The zero-order valence-electron chi connectivity index (χ0n) is 2.65. The number of hydrazine groups is 1. The lowest BCUT2D eigenvalue weighted by Gasteiger charge is -1.64. The quantitative estimate of drug-likeness (QED) is 0.376. The van der Waals surface area contributed by atoms with Crippen LogP contribution in [0.15, 0.2) is 0 Å². The fourth-order valence-corrected chi connectivity index (χ4v) is 0.0707. The molecule has 0 bridgehead atoms. The van der Waals surface area contributed by atoms with Gasteiger partial charge in [-0.3, -0.25) is 0 Å². The van der Waals surface area contributed by atoms with Gasteiger partial charge in [0, 0.05) is 7.05 Å². The van der Waals surface area contributed by atoms with Crippen molar-refractivity contribution in [3.05, 3.63) is 0 Å². The summed E-state index contributed by atoms with van der Waals surface area (Å²) in [5, 5.41) is 2.00. The second-order valence-corrected chi connectivity index (χ2v) is 1.01. The molecule has 4 heavy (non-hydrogen) atoms. The third-order valence-corrected chi connectivity index (χ3v) is 0.474. The molecule has 24 valence electrons. The minimum atomic E-state index is 1.07. The van der Waals surface area contributed by atoms with E-state index in [1.165, 1.54) is 0 Å². The van der Waals surface area contributed by atoms with Gasteiger partial charge in [-0.15, -0.1) is 0 Å². The van der Waals surface area contributed by atoms with E-state index in [0.29, 0.717) is 0 Å². The van der Waals surface area contributed by atoms with E-state index in [1.54, 1.807) is 0 Å². The number of hydrogen-bond donors (Lipinski definition) is 1. The van der Waals surface area contributed by atoms with Crippen LogP contribution in [0.3, 0.4) is 0 Å². The Morgan fingerprint density at radius 2 is 2.25 bits per heavy atom. The molecule has 1 fully saturated rings. The molecule has 1 aliphatic rings. The number of rotatable bonds is 0. The van der Waals surface area contributed by atoms with Crippen LogP contribution >= 0.6 is 0 Å². The van der Waals surface area contributed by atoms with E-state index < -0.39 is 0 Å². The van der Waals surface area contributed by atoms with Crippen molar-refractivity contribution in [3.63, 3.8) is 0 Å². The predicted molar refractivity (Wildman–Crippen MR) is 15.8 cm³/mol. The largest absolute Gasteiger partial charge is 0.239 e. The topological polar surface area (TPSA) is 25.0 Å². The molecule has 1 rings (SSSR count). The van der Waals surface area contributed by atoms with E-state index in [2.05, 4.69) is 5.43 Å². The average molecular weight is 58.1 g/mol. The highest BCUT2D eigenvalue weighted by atomic mass is 15.7. The summed E-state index contributed by atoms with van der Waals surface area (Å²) in [7, 11) is 2.00. The first-order valence-corrected chi connectivity index (χ1v) is 1.34. The Morgan fingerprint density at radius 1 is 2.00 bits per heavy atom. The van der Waals surface area contributed by atoms with Gasteiger partial charge in [-0.25, -0.2) is 10.4 Å². The van der Waals surface area contributed by atoms with Crippen LogP contribution in [0.5, 0.6) is 0 Å². The summed E-state index contributed by atoms with van der Waals surface area (Å²) in [4.78, 5) is 0. The van der Waals surface area contributed by atoms with Crippen LogP contribution in [0.1, 0.15) is 0 Å². The van der Waals surface area contributed by atoms with Gasteiger partial charge in [-0.1, -0.05) is 0 Å². The maximum absolute atomic E-state index is 2.93. The molecule has 0 spiro atoms. The summed E-state index contributed by atoms with van der Waals surface area (Å²) in [6.07, 6.45) is 0. The van der Waals surface area contributed by atoms with Crippen molar-refractivity contribution in [1.29, 1.82) is 0 Å². The van der Waals surface area contributed by atoms with Crippen LogP contribution in [-0.4, -0.2) is 18.7 Å². The van der Waals surface area contributed by atoms with Gasteiger partial charge in [-0.2, -0.15) is 0 Å². The second kappa shape index (κ2) is 0.445. The van der Waals surface area contributed by atoms with Gasteiger partial charge in [0.15, 0.2) is 0 Å². The highest BCUT2D eigenvalue weighted by Crippen LogP contribution is 1.80. The lowest BCUT2D eigenvalue weighted by atomic mass is 11.3. The fraction of sp³-hybridized carbons (Fsp3) is 1.00. The summed E-state index contributed by atoms with van der Waals surface area (Å²) in [6.45, 7) is 1.07. The number of nitrogens with zero attached hydrogens (tertiary/aromatic N) is 1. The SMILES string of the molecule is C[N@@]1CN1. The monoisotopic (exact) mass is 58.1 g/mol. The molecule has 1 saturated heterocycles. The summed E-state index contributed by atoms with van der Waals surface area (Å²) in [5.41, 5.74) is 2.93. The smallest absolute Gasteiger partial charge is 0.0751 e. The van der Waals surface area contributed by atoms with Crippen molar-refractivity contribution in [1.82, 2.24) is 10.4 Å². The fourth-order valence-electron chi connectivity index (χ4n) is 0.0707. The van der Waals surface area contributed by atoms with Crippen LogP contribution in [0, 0.1) is 0 Å². The molecule has 0 amide bonds. The molecular weight excluding hydrogens is 52.0 g/mol. The Bertz CT molecular complexity index is 23.2. The molecular formula is C2H6N2. The van der Waals surface area contributed by atoms with Gasteiger partial charge in [0.25, 0.3) is 0 Å². The lowest BCUT2D eigenvalue weighted by molar-refractivity contribution is 0.634. The summed E-state index contributed by atoms with van der Waals surface area (Å²) < 4.78 is 0. The van der Waals surface area contributed by atoms with Crippen LogP contribution in [0.25, 0.3) is 0 Å². The zero-order valence-corrected chi connectivity index (χ0v) is 2.65. The van der Waals surface area contributed by atoms with Crippen LogP contribution in [0.4, 0.5) is 0 Å². The Hall–Kier alpha value is -0.0800. The molecule has 2 nitrogen and oxygen atoms in total. The van der Waals surface area contributed by atoms with Crippen molar-refractivity contribution < 1.29 is 0 Å². The van der Waals surface area contributed by atoms with Gasteiger partial charge < -0.3 is 0 Å². The van der Waals surface area contributed by atoms with Gasteiger partial charge in [-0.05, 0) is 0 Å². The van der Waals surface area contributed by atoms with Crippen molar-refractivity contribution in [2.45, 2.75) is 0 Å². The van der Waals surface area contributed by atoms with Crippen molar-refractivity contribution in [2.24, 2.45) is 0 Å². The van der Waals surface area contributed by atoms with E-state index in [9.17, 15) is 0 Å².